The van der Waals surface area contributed by atoms with E-state index >= 15 is 0 Å². The number of carbonyl (C=O) groups is 2. The molecule has 7 heteroatoms. The Morgan fingerprint density at radius 2 is 2.04 bits per heavy atom. The lowest BCUT2D eigenvalue weighted by Crippen LogP contribution is -2.47. The van der Waals surface area contributed by atoms with Gasteiger partial charge in [-0.15, -0.1) is 11.3 Å². The molecule has 25 heavy (non-hydrogen) atoms. The summed E-state index contributed by atoms with van der Waals surface area (Å²) >= 11 is 1.51. The summed E-state index contributed by atoms with van der Waals surface area (Å²) in [6, 6.07) is 5.59. The largest absolute Gasteiger partial charge is 0.336 e. The van der Waals surface area contributed by atoms with Crippen molar-refractivity contribution >= 4 is 23.2 Å². The molecule has 5 nitrogen and oxygen atoms in total. The van der Waals surface area contributed by atoms with E-state index < -0.39 is 0 Å². The topological polar surface area (TPSA) is 53.5 Å². The standard InChI is InChI=1S/C18H18FN3O2S/c19-14-4-1-12(2-5-14)17(23)21-7-13-3-6-16(9-21)22(18(13)24)8-15-10-25-11-20-15/h1-2,4-5,10-11,13,16H,3,6-9H2. The normalized spacial score (nSPS) is 23.0. The second-order valence-electron chi connectivity index (χ2n) is 6.59. The molecule has 4 heterocycles. The van der Waals surface area contributed by atoms with Gasteiger partial charge in [-0.3, -0.25) is 9.59 Å². The summed E-state index contributed by atoms with van der Waals surface area (Å²) in [6.45, 7) is 1.45. The number of rotatable bonds is 3. The van der Waals surface area contributed by atoms with Crippen LogP contribution in [0.4, 0.5) is 4.39 Å². The van der Waals surface area contributed by atoms with E-state index in [0.717, 1.165) is 18.5 Å². The summed E-state index contributed by atoms with van der Waals surface area (Å²) in [5.74, 6) is -0.558. The smallest absolute Gasteiger partial charge is 0.253 e. The van der Waals surface area contributed by atoms with Crippen LogP contribution in [0, 0.1) is 11.7 Å². The average molecular weight is 359 g/mol. The Kier molecular flexibility index (Phi) is 4.25. The zero-order valence-electron chi connectivity index (χ0n) is 13.6. The van der Waals surface area contributed by atoms with Gasteiger partial charge in [-0.05, 0) is 37.1 Å². The molecular weight excluding hydrogens is 341 g/mol. The second-order valence-corrected chi connectivity index (χ2v) is 7.31. The Balaban J connectivity index is 1.55. The van der Waals surface area contributed by atoms with E-state index in [1.165, 1.54) is 35.6 Å². The molecular formula is C18H18FN3O2S. The fraction of sp³-hybridized carbons (Fsp3) is 0.389. The number of hydrogen-bond acceptors (Lipinski definition) is 4. The molecule has 1 aromatic carbocycles. The molecule has 3 aliphatic rings. The van der Waals surface area contributed by atoms with Crippen molar-refractivity contribution in [3.63, 3.8) is 0 Å². The van der Waals surface area contributed by atoms with Gasteiger partial charge in [-0.2, -0.15) is 0 Å². The highest BCUT2D eigenvalue weighted by atomic mass is 32.1. The molecule has 0 aliphatic carbocycles. The molecule has 130 valence electrons. The molecule has 0 radical (unpaired) electrons. The Hall–Kier alpha value is -2.28. The zero-order chi connectivity index (χ0) is 17.4. The third-order valence-corrected chi connectivity index (χ3v) is 5.62. The van der Waals surface area contributed by atoms with Crippen molar-refractivity contribution in [2.45, 2.75) is 25.4 Å². The SMILES string of the molecule is O=C(c1ccc(F)cc1)N1CC2CCC(C1)N(Cc1cscn1)C2=O. The van der Waals surface area contributed by atoms with Gasteiger partial charge < -0.3 is 9.80 Å². The summed E-state index contributed by atoms with van der Waals surface area (Å²) in [5, 5.41) is 1.95. The Bertz CT molecular complexity index is 778. The summed E-state index contributed by atoms with van der Waals surface area (Å²) in [4.78, 5) is 33.5. The van der Waals surface area contributed by atoms with Crippen LogP contribution >= 0.6 is 11.3 Å². The molecule has 2 amide bonds. The number of hydrogen-bond donors (Lipinski definition) is 0. The van der Waals surface area contributed by atoms with E-state index in [2.05, 4.69) is 4.98 Å². The van der Waals surface area contributed by atoms with Crippen LogP contribution in [-0.4, -0.2) is 45.7 Å². The van der Waals surface area contributed by atoms with Gasteiger partial charge in [-0.25, -0.2) is 9.37 Å². The molecule has 2 atom stereocenters. The molecule has 2 unspecified atom stereocenters. The maximum atomic E-state index is 13.1. The van der Waals surface area contributed by atoms with E-state index in [4.69, 9.17) is 0 Å². The van der Waals surface area contributed by atoms with Gasteiger partial charge in [0.1, 0.15) is 5.82 Å². The summed E-state index contributed by atoms with van der Waals surface area (Å²) in [5.41, 5.74) is 3.11. The molecule has 2 aromatic rings. The lowest BCUT2D eigenvalue weighted by Gasteiger charge is -2.35. The molecule has 0 spiro atoms. The first-order chi connectivity index (χ1) is 12.1. The number of amides is 2. The number of benzene rings is 1. The second kappa shape index (κ2) is 6.55. The van der Waals surface area contributed by atoms with E-state index in [1.807, 2.05) is 10.3 Å². The van der Waals surface area contributed by atoms with E-state index in [-0.39, 0.29) is 29.6 Å². The number of aromatic nitrogens is 1. The molecule has 3 fully saturated rings. The molecule has 0 N–H and O–H groups in total. The van der Waals surface area contributed by atoms with Crippen LogP contribution in [0.5, 0.6) is 0 Å². The number of thiazole rings is 1. The molecule has 0 saturated carbocycles. The van der Waals surface area contributed by atoms with Gasteiger partial charge in [0, 0.05) is 30.1 Å². The molecule has 5 rings (SSSR count). The first-order valence-electron chi connectivity index (χ1n) is 8.34. The maximum absolute atomic E-state index is 13.1. The number of halogens is 1. The number of carbonyl (C=O) groups excluding carboxylic acids is 2. The highest BCUT2D eigenvalue weighted by molar-refractivity contribution is 7.07. The van der Waals surface area contributed by atoms with Gasteiger partial charge in [0.25, 0.3) is 5.91 Å². The Morgan fingerprint density at radius 1 is 1.24 bits per heavy atom. The first kappa shape index (κ1) is 16.2. The Morgan fingerprint density at radius 3 is 2.76 bits per heavy atom. The molecule has 2 bridgehead atoms. The van der Waals surface area contributed by atoms with Gasteiger partial charge in [0.05, 0.1) is 23.7 Å². The van der Waals surface area contributed by atoms with Crippen LogP contribution < -0.4 is 0 Å². The number of piperidine rings is 1. The third-order valence-electron chi connectivity index (χ3n) is 4.99. The number of fused-ring (bicyclic) bond motifs is 4. The van der Waals surface area contributed by atoms with Gasteiger partial charge >= 0.3 is 0 Å². The van der Waals surface area contributed by atoms with Crippen molar-refractivity contribution in [1.82, 2.24) is 14.8 Å². The van der Waals surface area contributed by atoms with Crippen LogP contribution in [0.3, 0.4) is 0 Å². The van der Waals surface area contributed by atoms with Crippen molar-refractivity contribution in [3.05, 3.63) is 52.2 Å². The van der Waals surface area contributed by atoms with Crippen LogP contribution in [0.1, 0.15) is 28.9 Å². The summed E-state index contributed by atoms with van der Waals surface area (Å²) < 4.78 is 13.1. The van der Waals surface area contributed by atoms with E-state index in [9.17, 15) is 14.0 Å². The highest BCUT2D eigenvalue weighted by Crippen LogP contribution is 2.31. The van der Waals surface area contributed by atoms with Gasteiger partial charge in [-0.1, -0.05) is 0 Å². The predicted octanol–water partition coefficient (Wildman–Crippen LogP) is 2.55. The minimum atomic E-state index is -0.364. The van der Waals surface area contributed by atoms with Crippen molar-refractivity contribution in [3.8, 4) is 0 Å². The minimum absolute atomic E-state index is 0.0114. The third kappa shape index (κ3) is 3.16. The van der Waals surface area contributed by atoms with E-state index in [1.54, 1.807) is 10.4 Å². The van der Waals surface area contributed by atoms with Crippen LogP contribution in [0.15, 0.2) is 35.2 Å². The van der Waals surface area contributed by atoms with Crippen molar-refractivity contribution in [1.29, 1.82) is 0 Å². The fourth-order valence-electron chi connectivity index (χ4n) is 3.68. The molecule has 1 aromatic heterocycles. The summed E-state index contributed by atoms with van der Waals surface area (Å²) in [6.07, 6.45) is 1.71. The highest BCUT2D eigenvalue weighted by Gasteiger charge is 2.42. The zero-order valence-corrected chi connectivity index (χ0v) is 14.4. The van der Waals surface area contributed by atoms with Crippen LogP contribution in [0.2, 0.25) is 0 Å². The quantitative estimate of drug-likeness (QED) is 0.846. The average Bonchev–Trinajstić information content (AvgIpc) is 2.98. The van der Waals surface area contributed by atoms with Gasteiger partial charge in [0.15, 0.2) is 0 Å². The molecule has 3 aliphatic heterocycles. The lowest BCUT2D eigenvalue weighted by molar-refractivity contribution is -0.140. The predicted molar refractivity (Wildman–Crippen MR) is 91.5 cm³/mol. The van der Waals surface area contributed by atoms with Crippen molar-refractivity contribution < 1.29 is 14.0 Å². The van der Waals surface area contributed by atoms with E-state index in [0.29, 0.717) is 25.2 Å². The van der Waals surface area contributed by atoms with Crippen molar-refractivity contribution in [2.75, 3.05) is 13.1 Å². The summed E-state index contributed by atoms with van der Waals surface area (Å²) in [7, 11) is 0. The number of nitrogens with zero attached hydrogens (tertiary/aromatic N) is 3. The first-order valence-corrected chi connectivity index (χ1v) is 9.28. The fourth-order valence-corrected chi connectivity index (χ4v) is 4.23. The lowest BCUT2D eigenvalue weighted by atomic mass is 9.94. The minimum Gasteiger partial charge on any atom is -0.336 e. The van der Waals surface area contributed by atoms with Gasteiger partial charge in [0.2, 0.25) is 5.91 Å². The van der Waals surface area contributed by atoms with Crippen LogP contribution in [0.25, 0.3) is 0 Å². The van der Waals surface area contributed by atoms with Crippen molar-refractivity contribution in [2.24, 2.45) is 5.92 Å². The monoisotopic (exact) mass is 359 g/mol. The molecule has 3 saturated heterocycles. The van der Waals surface area contributed by atoms with Crippen LogP contribution in [-0.2, 0) is 11.3 Å². The maximum Gasteiger partial charge on any atom is 0.253 e. The Labute approximate surface area is 149 Å².